The lowest BCUT2D eigenvalue weighted by Crippen LogP contribution is -2.44. The summed E-state index contributed by atoms with van der Waals surface area (Å²) in [6, 6.07) is 0. The van der Waals surface area contributed by atoms with E-state index in [4.69, 9.17) is 18.6 Å². The van der Waals surface area contributed by atoms with Gasteiger partial charge >= 0.3 is 6.16 Å². The van der Waals surface area contributed by atoms with E-state index < -0.39 is 6.16 Å². The zero-order valence-corrected chi connectivity index (χ0v) is 15.0. The lowest BCUT2D eigenvalue weighted by molar-refractivity contribution is -0.475. The number of rotatable bonds is 10. The number of hydrogen-bond acceptors (Lipinski definition) is 4. The quantitative estimate of drug-likeness (QED) is 0.452. The molecule has 0 heterocycles. The average Bonchev–Trinajstić information content (AvgIpc) is 2.28. The van der Waals surface area contributed by atoms with Crippen LogP contribution in [0.1, 0.15) is 41.5 Å². The number of hydrogen-bond donors (Lipinski definition) is 0. The van der Waals surface area contributed by atoms with Crippen LogP contribution in [0.15, 0.2) is 0 Å². The third-order valence-corrected chi connectivity index (χ3v) is 2.53. The summed E-state index contributed by atoms with van der Waals surface area (Å²) >= 11 is 0. The molecule has 0 unspecified atom stereocenters. The Bertz CT molecular complexity index is 176. The fraction of sp³-hybridized carbons (Fsp3) is 1.00. The van der Waals surface area contributed by atoms with Gasteiger partial charge in [0.15, 0.2) is 10.5 Å². The van der Waals surface area contributed by atoms with Crippen LogP contribution >= 0.6 is 0 Å². The molecule has 0 N–H and O–H groups in total. The van der Waals surface area contributed by atoms with Gasteiger partial charge in [-0.25, -0.2) is 0 Å². The van der Waals surface area contributed by atoms with Crippen LogP contribution in [0.4, 0.5) is 0 Å². The molecule has 0 radical (unpaired) electrons. The second kappa shape index (κ2) is 9.04. The lowest BCUT2D eigenvalue weighted by atomic mass is 10.2. The molecule has 0 bridgehead atoms. The van der Waals surface area contributed by atoms with Gasteiger partial charge in [-0.1, -0.05) is 41.5 Å². The van der Waals surface area contributed by atoms with E-state index in [1.165, 1.54) is 0 Å². The Balaban J connectivity index is 4.49. The van der Waals surface area contributed by atoms with Gasteiger partial charge in [0.25, 0.3) is 0 Å². The molecule has 0 aromatic heterocycles. The third kappa shape index (κ3) is 8.21. The summed E-state index contributed by atoms with van der Waals surface area (Å²) in [5, 5.41) is 0. The minimum absolute atomic E-state index is 0.409. The summed E-state index contributed by atoms with van der Waals surface area (Å²) in [4.78, 5) is 0. The molecule has 0 aliphatic rings. The first-order valence-electron chi connectivity index (χ1n) is 6.78. The first-order valence-corrected chi connectivity index (χ1v) is 7.60. The Morgan fingerprint density at radius 2 is 1.00 bits per heavy atom. The summed E-state index contributed by atoms with van der Waals surface area (Å²) in [5.74, 6) is 1.23. The summed E-state index contributed by atoms with van der Waals surface area (Å²) in [6.07, 6.45) is -1.30. The molecule has 110 valence electrons. The Morgan fingerprint density at radius 3 is 1.17 bits per heavy atom. The monoisotopic (exact) mass is 278 g/mol. The van der Waals surface area contributed by atoms with Crippen molar-refractivity contribution in [1.82, 2.24) is 0 Å². The van der Waals surface area contributed by atoms with Crippen molar-refractivity contribution in [3.63, 3.8) is 0 Å². The molecule has 0 spiro atoms. The molecule has 0 aliphatic carbocycles. The van der Waals surface area contributed by atoms with E-state index in [2.05, 4.69) is 41.5 Å². The maximum absolute atomic E-state index is 5.71. The fourth-order valence-electron chi connectivity index (χ4n) is 1.11. The molecule has 0 saturated heterocycles. The predicted octanol–water partition coefficient (Wildman–Crippen LogP) is 1.91. The van der Waals surface area contributed by atoms with Gasteiger partial charge in [0.05, 0.1) is 19.8 Å². The van der Waals surface area contributed by atoms with Gasteiger partial charge in [-0.2, -0.15) is 0 Å². The van der Waals surface area contributed by atoms with E-state index >= 15 is 0 Å². The molecule has 5 heteroatoms. The van der Waals surface area contributed by atoms with E-state index in [0.717, 1.165) is 0 Å². The van der Waals surface area contributed by atoms with Crippen LogP contribution in [0.3, 0.4) is 0 Å². The maximum Gasteiger partial charge on any atom is 0.402 e. The van der Waals surface area contributed by atoms with Gasteiger partial charge in [0, 0.05) is 0 Å². The van der Waals surface area contributed by atoms with Crippen molar-refractivity contribution < 1.29 is 18.6 Å². The standard InChI is InChI=1S/C13H30O4Si/c1-10(2)7-14-13(17-18,15-8-11(3)4)16-9-12(5)6/h10-12H,7-9H2,1-6,18H3. The summed E-state index contributed by atoms with van der Waals surface area (Å²) < 4.78 is 22.6. The minimum atomic E-state index is -1.30. The maximum atomic E-state index is 5.71. The van der Waals surface area contributed by atoms with Crippen molar-refractivity contribution in [2.24, 2.45) is 17.8 Å². The molecular formula is C13H30O4Si. The third-order valence-electron chi connectivity index (χ3n) is 2.03. The fourth-order valence-corrected chi connectivity index (χ4v) is 1.46. The largest absolute Gasteiger partial charge is 0.402 e. The van der Waals surface area contributed by atoms with Crippen molar-refractivity contribution in [1.29, 1.82) is 0 Å². The number of ether oxygens (including phenoxy) is 3. The summed E-state index contributed by atoms with van der Waals surface area (Å²) in [5.41, 5.74) is 0. The summed E-state index contributed by atoms with van der Waals surface area (Å²) in [6.45, 7) is 14.2. The van der Waals surface area contributed by atoms with Gasteiger partial charge in [-0.05, 0) is 17.8 Å². The van der Waals surface area contributed by atoms with Crippen LogP contribution in [0.5, 0.6) is 0 Å². The van der Waals surface area contributed by atoms with E-state index in [9.17, 15) is 0 Å². The first kappa shape index (κ1) is 18.1. The molecule has 0 fully saturated rings. The van der Waals surface area contributed by atoms with E-state index in [1.807, 2.05) is 0 Å². The van der Waals surface area contributed by atoms with Crippen molar-refractivity contribution >= 4 is 10.5 Å². The Labute approximate surface area is 115 Å². The van der Waals surface area contributed by atoms with Crippen LogP contribution in [-0.4, -0.2) is 36.5 Å². The highest BCUT2D eigenvalue weighted by Gasteiger charge is 2.34. The van der Waals surface area contributed by atoms with Crippen molar-refractivity contribution in [2.75, 3.05) is 19.8 Å². The molecule has 18 heavy (non-hydrogen) atoms. The van der Waals surface area contributed by atoms with Crippen LogP contribution in [0, 0.1) is 17.8 Å². The molecule has 0 aliphatic heterocycles. The topological polar surface area (TPSA) is 36.9 Å². The van der Waals surface area contributed by atoms with Crippen LogP contribution < -0.4 is 0 Å². The van der Waals surface area contributed by atoms with Crippen LogP contribution in [-0.2, 0) is 18.6 Å². The van der Waals surface area contributed by atoms with E-state index in [1.54, 1.807) is 0 Å². The highest BCUT2D eigenvalue weighted by molar-refractivity contribution is 5.98. The lowest BCUT2D eigenvalue weighted by Gasteiger charge is -2.33. The first-order chi connectivity index (χ1) is 8.31. The predicted molar refractivity (Wildman–Crippen MR) is 76.1 cm³/mol. The van der Waals surface area contributed by atoms with Gasteiger partial charge < -0.3 is 18.6 Å². The van der Waals surface area contributed by atoms with E-state index in [0.29, 0.717) is 48.1 Å². The molecule has 0 amide bonds. The molecule has 0 aromatic rings. The molecule has 0 aromatic carbocycles. The van der Waals surface area contributed by atoms with Crippen molar-refractivity contribution in [3.8, 4) is 0 Å². The Hall–Kier alpha value is 0.0569. The summed E-state index contributed by atoms with van der Waals surface area (Å²) in [7, 11) is 0.501. The highest BCUT2D eigenvalue weighted by atomic mass is 28.2. The van der Waals surface area contributed by atoms with E-state index in [-0.39, 0.29) is 0 Å². The van der Waals surface area contributed by atoms with Gasteiger partial charge in [0.2, 0.25) is 0 Å². The Morgan fingerprint density at radius 1 is 0.722 bits per heavy atom. The molecule has 0 atom stereocenters. The zero-order valence-electron chi connectivity index (χ0n) is 13.0. The second-order valence-corrected chi connectivity index (χ2v) is 6.23. The minimum Gasteiger partial charge on any atom is -0.357 e. The van der Waals surface area contributed by atoms with Crippen LogP contribution in [0.25, 0.3) is 0 Å². The second-order valence-electron chi connectivity index (χ2n) is 5.82. The smallest absolute Gasteiger partial charge is 0.357 e. The van der Waals surface area contributed by atoms with Gasteiger partial charge in [0.1, 0.15) is 0 Å². The SMILES string of the molecule is CC(C)COC(O[SiH3])(OCC(C)C)OCC(C)C. The Kier molecular flexibility index (Phi) is 9.07. The molecule has 0 rings (SSSR count). The molecular weight excluding hydrogens is 248 g/mol. The normalized spacial score (nSPS) is 13.2. The van der Waals surface area contributed by atoms with Gasteiger partial charge in [-0.15, -0.1) is 0 Å². The van der Waals surface area contributed by atoms with Crippen molar-refractivity contribution in [3.05, 3.63) is 0 Å². The highest BCUT2D eigenvalue weighted by Crippen LogP contribution is 2.20. The average molecular weight is 278 g/mol. The molecule has 4 nitrogen and oxygen atoms in total. The zero-order chi connectivity index (χ0) is 14.2. The van der Waals surface area contributed by atoms with Crippen LogP contribution in [0.2, 0.25) is 0 Å². The van der Waals surface area contributed by atoms with Crippen molar-refractivity contribution in [2.45, 2.75) is 47.7 Å². The molecule has 0 saturated carbocycles. The van der Waals surface area contributed by atoms with Gasteiger partial charge in [-0.3, -0.25) is 0 Å².